The summed E-state index contributed by atoms with van der Waals surface area (Å²) in [7, 11) is 0. The van der Waals surface area contributed by atoms with Gasteiger partial charge in [-0.2, -0.15) is 18.2 Å². The summed E-state index contributed by atoms with van der Waals surface area (Å²) < 4.78 is 42.2. The summed E-state index contributed by atoms with van der Waals surface area (Å²) in [6.45, 7) is 1.67. The monoisotopic (exact) mass is 252 g/mol. The largest absolute Gasteiger partial charge is 0.467 e. The molecule has 1 aliphatic heterocycles. The van der Waals surface area contributed by atoms with Gasteiger partial charge in [0.15, 0.2) is 5.69 Å². The lowest BCUT2D eigenvalue weighted by Gasteiger charge is -2.22. The summed E-state index contributed by atoms with van der Waals surface area (Å²) in [6.07, 6.45) is -2.79. The van der Waals surface area contributed by atoms with Gasteiger partial charge in [-0.3, -0.25) is 0 Å². The molecule has 0 amide bonds. The van der Waals surface area contributed by atoms with Crippen LogP contribution in [0.15, 0.2) is 5.38 Å². The molecular weight excluding hydrogens is 241 g/mol. The highest BCUT2D eigenvalue weighted by molar-refractivity contribution is 7.11. The van der Waals surface area contributed by atoms with Crippen LogP contribution in [-0.4, -0.2) is 24.2 Å². The SMILES string of the molecule is FC(F)(F)c1csc(OC2CCNCC2)n1. The molecule has 2 heterocycles. The molecule has 90 valence electrons. The molecule has 0 saturated carbocycles. The molecular formula is C9H11F3N2OS. The van der Waals surface area contributed by atoms with Gasteiger partial charge in [-0.1, -0.05) is 11.3 Å². The van der Waals surface area contributed by atoms with Crippen molar-refractivity contribution in [3.8, 4) is 5.19 Å². The molecule has 3 nitrogen and oxygen atoms in total. The van der Waals surface area contributed by atoms with E-state index >= 15 is 0 Å². The van der Waals surface area contributed by atoms with Crippen LogP contribution in [-0.2, 0) is 6.18 Å². The van der Waals surface area contributed by atoms with Crippen LogP contribution in [0.2, 0.25) is 0 Å². The maximum atomic E-state index is 12.3. The minimum atomic E-state index is -4.38. The van der Waals surface area contributed by atoms with Gasteiger partial charge in [-0.15, -0.1) is 0 Å². The van der Waals surface area contributed by atoms with Gasteiger partial charge in [0.25, 0.3) is 5.19 Å². The molecule has 1 fully saturated rings. The average Bonchev–Trinajstić information content (AvgIpc) is 2.67. The van der Waals surface area contributed by atoms with Crippen LogP contribution in [0.5, 0.6) is 5.19 Å². The maximum absolute atomic E-state index is 12.3. The van der Waals surface area contributed by atoms with Gasteiger partial charge in [0, 0.05) is 5.38 Å². The Bertz CT molecular complexity index is 347. The lowest BCUT2D eigenvalue weighted by atomic mass is 10.1. The first-order valence-corrected chi connectivity index (χ1v) is 5.84. The molecule has 0 atom stereocenters. The van der Waals surface area contributed by atoms with Crippen molar-refractivity contribution < 1.29 is 17.9 Å². The second-order valence-electron chi connectivity index (χ2n) is 3.56. The Hall–Kier alpha value is -0.820. The number of halogens is 3. The van der Waals surface area contributed by atoms with Crippen LogP contribution in [0.25, 0.3) is 0 Å². The van der Waals surface area contributed by atoms with Crippen LogP contribution in [0.4, 0.5) is 13.2 Å². The number of ether oxygens (including phenoxy) is 1. The van der Waals surface area contributed by atoms with Gasteiger partial charge in [0.05, 0.1) is 0 Å². The molecule has 1 aromatic rings. The van der Waals surface area contributed by atoms with Crippen molar-refractivity contribution in [2.45, 2.75) is 25.1 Å². The van der Waals surface area contributed by atoms with E-state index in [1.54, 1.807) is 0 Å². The Morgan fingerprint density at radius 1 is 1.38 bits per heavy atom. The van der Waals surface area contributed by atoms with E-state index in [0.717, 1.165) is 42.6 Å². The molecule has 1 aliphatic rings. The van der Waals surface area contributed by atoms with Gasteiger partial charge in [-0.05, 0) is 25.9 Å². The Morgan fingerprint density at radius 3 is 2.62 bits per heavy atom. The zero-order valence-electron chi connectivity index (χ0n) is 8.38. The third kappa shape index (κ3) is 2.85. The van der Waals surface area contributed by atoms with Crippen molar-refractivity contribution in [3.05, 3.63) is 11.1 Å². The van der Waals surface area contributed by atoms with E-state index in [9.17, 15) is 13.2 Å². The van der Waals surface area contributed by atoms with Crippen molar-refractivity contribution in [1.82, 2.24) is 10.3 Å². The number of aromatic nitrogens is 1. The van der Waals surface area contributed by atoms with Crippen LogP contribution in [0.1, 0.15) is 18.5 Å². The summed E-state index contributed by atoms with van der Waals surface area (Å²) in [5.41, 5.74) is -0.874. The van der Waals surface area contributed by atoms with Crippen molar-refractivity contribution in [2.24, 2.45) is 0 Å². The molecule has 0 radical (unpaired) electrons. The molecule has 1 saturated heterocycles. The van der Waals surface area contributed by atoms with Gasteiger partial charge < -0.3 is 10.1 Å². The number of thiazole rings is 1. The lowest BCUT2D eigenvalue weighted by molar-refractivity contribution is -0.141. The molecule has 0 spiro atoms. The third-order valence-corrected chi connectivity index (χ3v) is 3.06. The highest BCUT2D eigenvalue weighted by Crippen LogP contribution is 2.33. The van der Waals surface area contributed by atoms with E-state index in [0.29, 0.717) is 0 Å². The minimum absolute atomic E-state index is 0.0199. The van der Waals surface area contributed by atoms with E-state index in [2.05, 4.69) is 10.3 Å². The predicted molar refractivity (Wildman–Crippen MR) is 53.6 cm³/mol. The first-order chi connectivity index (χ1) is 7.55. The fourth-order valence-electron chi connectivity index (χ4n) is 1.50. The Labute approximate surface area is 94.6 Å². The Kier molecular flexibility index (Phi) is 3.34. The van der Waals surface area contributed by atoms with Crippen LogP contribution < -0.4 is 10.1 Å². The second-order valence-corrected chi connectivity index (χ2v) is 4.38. The highest BCUT2D eigenvalue weighted by atomic mass is 32.1. The number of nitrogens with zero attached hydrogens (tertiary/aromatic N) is 1. The van der Waals surface area contributed by atoms with E-state index in [4.69, 9.17) is 4.74 Å². The molecule has 2 rings (SSSR count). The molecule has 0 aromatic carbocycles. The summed E-state index contributed by atoms with van der Waals surface area (Å²) in [5, 5.41) is 4.25. The number of nitrogens with one attached hydrogen (secondary N) is 1. The summed E-state index contributed by atoms with van der Waals surface area (Å²) >= 11 is 0.896. The van der Waals surface area contributed by atoms with E-state index in [1.165, 1.54) is 0 Å². The maximum Gasteiger partial charge on any atom is 0.434 e. The van der Waals surface area contributed by atoms with Crippen molar-refractivity contribution >= 4 is 11.3 Å². The van der Waals surface area contributed by atoms with Crippen LogP contribution in [0.3, 0.4) is 0 Å². The lowest BCUT2D eigenvalue weighted by Crippen LogP contribution is -2.34. The molecule has 1 N–H and O–H groups in total. The Morgan fingerprint density at radius 2 is 2.06 bits per heavy atom. The first-order valence-electron chi connectivity index (χ1n) is 4.96. The molecule has 0 unspecified atom stereocenters. The third-order valence-electron chi connectivity index (χ3n) is 2.33. The van der Waals surface area contributed by atoms with Gasteiger partial charge in [-0.25, -0.2) is 0 Å². The number of hydrogen-bond donors (Lipinski definition) is 1. The van der Waals surface area contributed by atoms with Crippen LogP contribution >= 0.6 is 11.3 Å². The fourth-order valence-corrected chi connectivity index (χ4v) is 2.24. The molecule has 16 heavy (non-hydrogen) atoms. The van der Waals surface area contributed by atoms with Crippen molar-refractivity contribution in [1.29, 1.82) is 0 Å². The molecule has 0 bridgehead atoms. The van der Waals surface area contributed by atoms with E-state index < -0.39 is 11.9 Å². The summed E-state index contributed by atoms with van der Waals surface area (Å²) in [6, 6.07) is 0. The van der Waals surface area contributed by atoms with Gasteiger partial charge in [0.1, 0.15) is 6.10 Å². The van der Waals surface area contributed by atoms with Crippen molar-refractivity contribution in [2.75, 3.05) is 13.1 Å². The molecule has 0 aliphatic carbocycles. The Balaban J connectivity index is 1.97. The minimum Gasteiger partial charge on any atom is -0.467 e. The van der Waals surface area contributed by atoms with E-state index in [-0.39, 0.29) is 11.3 Å². The van der Waals surface area contributed by atoms with Gasteiger partial charge in [0.2, 0.25) is 0 Å². The quantitative estimate of drug-likeness (QED) is 0.877. The smallest absolute Gasteiger partial charge is 0.434 e. The average molecular weight is 252 g/mol. The van der Waals surface area contributed by atoms with Crippen molar-refractivity contribution in [3.63, 3.8) is 0 Å². The van der Waals surface area contributed by atoms with E-state index in [1.807, 2.05) is 0 Å². The van der Waals surface area contributed by atoms with Crippen LogP contribution in [0, 0.1) is 0 Å². The predicted octanol–water partition coefficient (Wildman–Crippen LogP) is 2.29. The molecule has 1 aromatic heterocycles. The zero-order chi connectivity index (χ0) is 11.6. The summed E-state index contributed by atoms with van der Waals surface area (Å²) in [5.74, 6) is 0. The first kappa shape index (κ1) is 11.7. The summed E-state index contributed by atoms with van der Waals surface area (Å²) in [4.78, 5) is 3.43. The standard InChI is InChI=1S/C9H11F3N2OS/c10-9(11,12)7-5-16-8(14-7)15-6-1-3-13-4-2-6/h5-6,13H,1-4H2. The number of alkyl halides is 3. The van der Waals surface area contributed by atoms with Gasteiger partial charge >= 0.3 is 6.18 Å². The fraction of sp³-hybridized carbons (Fsp3) is 0.667. The number of rotatable bonds is 2. The highest BCUT2D eigenvalue weighted by Gasteiger charge is 2.34. The normalized spacial score (nSPS) is 18.7. The number of piperidine rings is 1. The second kappa shape index (κ2) is 4.58. The number of hydrogen-bond acceptors (Lipinski definition) is 4. The molecule has 7 heteroatoms. The zero-order valence-corrected chi connectivity index (χ0v) is 9.20. The topological polar surface area (TPSA) is 34.1 Å².